The molecular weight excluding hydrogens is 402 g/mol. The molecule has 172 valence electrons. The normalized spacial score (nSPS) is 16.5. The highest BCUT2D eigenvalue weighted by Gasteiger charge is 2.18. The van der Waals surface area contributed by atoms with Gasteiger partial charge in [0.1, 0.15) is 0 Å². The maximum absolute atomic E-state index is 5.86. The summed E-state index contributed by atoms with van der Waals surface area (Å²) in [4.78, 5) is 0. The third kappa shape index (κ3) is 5.87. The second-order valence-corrected chi connectivity index (χ2v) is 10.0. The average Bonchev–Trinajstić information content (AvgIpc) is 3.22. The van der Waals surface area contributed by atoms with E-state index in [-0.39, 0.29) is 5.54 Å². The third-order valence-electron chi connectivity index (χ3n) is 6.67. The van der Waals surface area contributed by atoms with Gasteiger partial charge in [0.25, 0.3) is 0 Å². The predicted octanol–water partition coefficient (Wildman–Crippen LogP) is 6.74. The van der Waals surface area contributed by atoms with Gasteiger partial charge < -0.3 is 10.1 Å². The van der Waals surface area contributed by atoms with E-state index in [1.165, 1.54) is 34.8 Å². The number of rotatable bonds is 7. The van der Waals surface area contributed by atoms with Gasteiger partial charge in [0.15, 0.2) is 0 Å². The summed E-state index contributed by atoms with van der Waals surface area (Å²) in [5.74, 6) is 1.93. The molecule has 2 unspecified atom stereocenters. The van der Waals surface area contributed by atoms with Gasteiger partial charge in [-0.3, -0.25) is 0 Å². The fourth-order valence-electron chi connectivity index (χ4n) is 4.55. The molecule has 0 radical (unpaired) electrons. The third-order valence-corrected chi connectivity index (χ3v) is 6.67. The van der Waals surface area contributed by atoms with Gasteiger partial charge in [-0.15, -0.1) is 0 Å². The van der Waals surface area contributed by atoms with E-state index in [0.29, 0.717) is 18.4 Å². The van der Waals surface area contributed by atoms with Crippen molar-refractivity contribution in [2.45, 2.75) is 58.4 Å². The Morgan fingerprint density at radius 3 is 2.12 bits per heavy atom. The van der Waals surface area contributed by atoms with Crippen molar-refractivity contribution in [3.05, 3.63) is 112 Å². The molecular formula is C31H36NO-. The molecule has 1 heterocycles. The van der Waals surface area contributed by atoms with E-state index in [4.69, 9.17) is 10.1 Å². The van der Waals surface area contributed by atoms with E-state index in [2.05, 4.69) is 113 Å². The van der Waals surface area contributed by atoms with E-state index < -0.39 is 0 Å². The van der Waals surface area contributed by atoms with E-state index in [0.717, 1.165) is 17.5 Å². The van der Waals surface area contributed by atoms with Crippen LogP contribution in [0.1, 0.15) is 64.0 Å². The number of hydrogen-bond donors (Lipinski definition) is 0. The van der Waals surface area contributed by atoms with Crippen molar-refractivity contribution in [1.29, 1.82) is 0 Å². The fraction of sp³-hybridized carbons (Fsp3) is 0.355. The Hall–Kier alpha value is -3.00. The Bertz CT molecular complexity index is 1140. The summed E-state index contributed by atoms with van der Waals surface area (Å²) in [5.41, 5.74) is 3.98. The van der Waals surface area contributed by atoms with Crippen LogP contribution in [0.3, 0.4) is 0 Å². The molecule has 0 aromatic heterocycles. The van der Waals surface area contributed by atoms with Gasteiger partial charge >= 0.3 is 0 Å². The standard InChI is InChI=1S/C31H36NO/c1-5-23(2)20-28(24-12-8-6-9-13-24)21-29(25-14-10-7-11-15-25)26-16-18-27(19-17-26)30-32-31(3,4)22-33-30/h6-19,23,28H,5,20-22H2,1-4H3/q-1. The number of nitrogens with zero attached hydrogens (tertiary/aromatic N) is 1. The zero-order valence-electron chi connectivity index (χ0n) is 20.4. The molecule has 2 atom stereocenters. The highest BCUT2D eigenvalue weighted by molar-refractivity contribution is 5.66. The zero-order chi connectivity index (χ0) is 23.3. The Kier molecular flexibility index (Phi) is 7.23. The molecule has 0 bridgehead atoms. The summed E-state index contributed by atoms with van der Waals surface area (Å²) in [6.07, 6.45) is 3.41. The first-order chi connectivity index (χ1) is 15.9. The van der Waals surface area contributed by atoms with Crippen molar-refractivity contribution < 1.29 is 4.74 Å². The summed E-state index contributed by atoms with van der Waals surface area (Å²) in [6, 6.07) is 30.6. The summed E-state index contributed by atoms with van der Waals surface area (Å²) in [7, 11) is 0. The van der Waals surface area contributed by atoms with Crippen LogP contribution < -0.4 is 10.4 Å². The lowest BCUT2D eigenvalue weighted by Crippen LogP contribution is -2.17. The second kappa shape index (κ2) is 10.3. The minimum absolute atomic E-state index is 0.145. The van der Waals surface area contributed by atoms with Gasteiger partial charge in [0.05, 0.1) is 6.61 Å². The minimum Gasteiger partial charge on any atom is -0.646 e. The first-order valence-electron chi connectivity index (χ1n) is 12.2. The Balaban J connectivity index is 1.77. The van der Waals surface area contributed by atoms with Crippen molar-refractivity contribution in [1.82, 2.24) is 0 Å². The predicted molar refractivity (Wildman–Crippen MR) is 139 cm³/mol. The average molecular weight is 439 g/mol. The fourth-order valence-corrected chi connectivity index (χ4v) is 4.55. The molecule has 3 aromatic rings. The molecule has 1 aliphatic rings. The van der Waals surface area contributed by atoms with Gasteiger partial charge in [-0.25, -0.2) is 0 Å². The van der Waals surface area contributed by atoms with Gasteiger partial charge in [-0.1, -0.05) is 125 Å². The molecule has 1 fully saturated rings. The smallest absolute Gasteiger partial charge is 0.0747 e. The first-order valence-corrected chi connectivity index (χ1v) is 12.2. The molecule has 0 N–H and O–H groups in total. The van der Waals surface area contributed by atoms with Crippen molar-refractivity contribution in [3.8, 4) is 0 Å². The lowest BCUT2D eigenvalue weighted by Gasteiger charge is -2.28. The van der Waals surface area contributed by atoms with E-state index in [1.54, 1.807) is 0 Å². The molecule has 3 aromatic carbocycles. The Morgan fingerprint density at radius 1 is 0.909 bits per heavy atom. The van der Waals surface area contributed by atoms with Crippen LogP contribution in [0.2, 0.25) is 0 Å². The molecule has 0 spiro atoms. The molecule has 0 aliphatic carbocycles. The van der Waals surface area contributed by atoms with Crippen LogP contribution >= 0.6 is 0 Å². The quantitative estimate of drug-likeness (QED) is 0.400. The number of ether oxygens (including phenoxy) is 1. The van der Waals surface area contributed by atoms with Crippen LogP contribution in [0.25, 0.3) is 16.8 Å². The van der Waals surface area contributed by atoms with Crippen molar-refractivity contribution in [3.63, 3.8) is 0 Å². The van der Waals surface area contributed by atoms with Crippen LogP contribution in [-0.4, -0.2) is 12.1 Å². The monoisotopic (exact) mass is 438 g/mol. The van der Waals surface area contributed by atoms with Crippen molar-refractivity contribution in [2.75, 3.05) is 6.61 Å². The highest BCUT2D eigenvalue weighted by Crippen LogP contribution is 2.34. The van der Waals surface area contributed by atoms with E-state index in [9.17, 15) is 0 Å². The lowest BCUT2D eigenvalue weighted by molar-refractivity contribution is 0.275. The molecule has 2 heteroatoms. The second-order valence-electron chi connectivity index (χ2n) is 10.0. The van der Waals surface area contributed by atoms with Gasteiger partial charge in [-0.2, -0.15) is 0 Å². The van der Waals surface area contributed by atoms with Crippen LogP contribution in [-0.2, 0) is 4.74 Å². The number of benzene rings is 3. The number of hydrogen-bond acceptors (Lipinski definition) is 1. The zero-order valence-corrected chi connectivity index (χ0v) is 20.4. The molecule has 1 saturated heterocycles. The van der Waals surface area contributed by atoms with Crippen LogP contribution in [0.5, 0.6) is 0 Å². The summed E-state index contributed by atoms with van der Waals surface area (Å²) >= 11 is 0. The summed E-state index contributed by atoms with van der Waals surface area (Å²) in [5, 5.41) is 7.06. The maximum Gasteiger partial charge on any atom is 0.0747 e. The molecule has 33 heavy (non-hydrogen) atoms. The SMILES string of the molecule is CCC(C)CC(CC(c1ccccc1)=c1ccc(=C2[N-]C(C)(C)CO2)cc1)c1ccccc1. The molecule has 2 nitrogen and oxygen atoms in total. The van der Waals surface area contributed by atoms with Crippen LogP contribution in [0.15, 0.2) is 84.9 Å². The first kappa shape index (κ1) is 23.2. The summed E-state index contributed by atoms with van der Waals surface area (Å²) < 4.78 is 5.86. The lowest BCUT2D eigenvalue weighted by atomic mass is 9.82. The molecule has 0 saturated carbocycles. The molecule has 1 aliphatic heterocycles. The van der Waals surface area contributed by atoms with Crippen molar-refractivity contribution >= 4 is 11.5 Å². The Morgan fingerprint density at radius 2 is 1.55 bits per heavy atom. The minimum atomic E-state index is -0.145. The van der Waals surface area contributed by atoms with E-state index in [1.807, 2.05) is 0 Å². The van der Waals surface area contributed by atoms with Gasteiger partial charge in [0, 0.05) is 5.88 Å². The Labute approximate surface area is 199 Å². The van der Waals surface area contributed by atoms with Gasteiger partial charge in [0.2, 0.25) is 0 Å². The maximum atomic E-state index is 5.86. The van der Waals surface area contributed by atoms with Crippen molar-refractivity contribution in [2.24, 2.45) is 5.92 Å². The van der Waals surface area contributed by atoms with Crippen LogP contribution in [0, 0.1) is 5.92 Å². The van der Waals surface area contributed by atoms with Gasteiger partial charge in [-0.05, 0) is 51.8 Å². The molecule has 0 amide bonds. The molecule has 4 rings (SSSR count). The largest absolute Gasteiger partial charge is 0.646 e. The topological polar surface area (TPSA) is 23.3 Å². The van der Waals surface area contributed by atoms with E-state index >= 15 is 0 Å². The van der Waals surface area contributed by atoms with Crippen LogP contribution in [0.4, 0.5) is 0 Å². The highest BCUT2D eigenvalue weighted by atomic mass is 16.5. The summed E-state index contributed by atoms with van der Waals surface area (Å²) in [6.45, 7) is 9.52.